The molecule has 0 aromatic heterocycles. The fourth-order valence-corrected chi connectivity index (χ4v) is 1.92. The van der Waals surface area contributed by atoms with Gasteiger partial charge in [-0.05, 0) is 31.4 Å². The van der Waals surface area contributed by atoms with Crippen molar-refractivity contribution < 1.29 is 14.7 Å². The molecule has 0 saturated carbocycles. The average molecular weight is 315 g/mol. The molecular formula is C17H21N3O3. The van der Waals surface area contributed by atoms with E-state index in [9.17, 15) is 9.59 Å². The number of rotatable bonds is 6. The molecule has 0 aliphatic carbocycles. The molecule has 6 heteroatoms. The van der Waals surface area contributed by atoms with Crippen molar-refractivity contribution >= 4 is 23.4 Å². The highest BCUT2D eigenvalue weighted by Crippen LogP contribution is 2.08. The lowest BCUT2D eigenvalue weighted by Crippen LogP contribution is -2.17. The number of aryl methyl sites for hydroxylation is 1. The maximum absolute atomic E-state index is 10.9. The van der Waals surface area contributed by atoms with Crippen molar-refractivity contribution in [1.29, 1.82) is 0 Å². The summed E-state index contributed by atoms with van der Waals surface area (Å²) in [6, 6.07) is 7.57. The van der Waals surface area contributed by atoms with E-state index in [0.717, 1.165) is 16.8 Å². The van der Waals surface area contributed by atoms with Gasteiger partial charge in [0.05, 0.1) is 0 Å². The second kappa shape index (κ2) is 8.63. The van der Waals surface area contributed by atoms with Crippen LogP contribution in [0.3, 0.4) is 0 Å². The Labute approximate surface area is 135 Å². The van der Waals surface area contributed by atoms with E-state index >= 15 is 0 Å². The van der Waals surface area contributed by atoms with Crippen molar-refractivity contribution in [1.82, 2.24) is 5.32 Å². The molecule has 1 rings (SSSR count). The maximum atomic E-state index is 10.9. The number of aliphatic carboxylic acids is 1. The van der Waals surface area contributed by atoms with Gasteiger partial charge in [-0.3, -0.25) is 9.59 Å². The van der Waals surface area contributed by atoms with E-state index in [1.54, 1.807) is 6.92 Å². The van der Waals surface area contributed by atoms with Gasteiger partial charge in [0.25, 0.3) is 0 Å². The number of carboxylic acid groups (broad SMARTS) is 1. The molecule has 2 N–H and O–H groups in total. The summed E-state index contributed by atoms with van der Waals surface area (Å²) >= 11 is 0. The highest BCUT2D eigenvalue weighted by Gasteiger charge is 2.02. The molecule has 1 aromatic carbocycles. The molecule has 0 aliphatic rings. The number of aliphatic imine (C=N–C) groups is 2. The summed E-state index contributed by atoms with van der Waals surface area (Å²) in [5.41, 5.74) is 2.66. The number of nitrogens with zero attached hydrogens (tertiary/aromatic N) is 2. The monoisotopic (exact) mass is 315 g/mol. The molecule has 0 unspecified atom stereocenters. The van der Waals surface area contributed by atoms with E-state index in [1.807, 2.05) is 31.2 Å². The summed E-state index contributed by atoms with van der Waals surface area (Å²) in [5.74, 6) is -0.311. The van der Waals surface area contributed by atoms with Gasteiger partial charge >= 0.3 is 5.97 Å². The van der Waals surface area contributed by atoms with Crippen LogP contribution in [0.2, 0.25) is 0 Å². The summed E-state index contributed by atoms with van der Waals surface area (Å²) in [4.78, 5) is 29.9. The first kappa shape index (κ1) is 18.3. The smallest absolute Gasteiger partial charge is 0.303 e. The highest BCUT2D eigenvalue weighted by molar-refractivity contribution is 6.05. The molecule has 0 bridgehead atoms. The first-order chi connectivity index (χ1) is 10.8. The van der Waals surface area contributed by atoms with E-state index in [-0.39, 0.29) is 18.1 Å². The van der Waals surface area contributed by atoms with Crippen molar-refractivity contribution in [3.8, 4) is 0 Å². The van der Waals surface area contributed by atoms with Gasteiger partial charge in [-0.25, -0.2) is 9.98 Å². The number of carboxylic acids is 1. The van der Waals surface area contributed by atoms with Crippen molar-refractivity contribution in [3.63, 3.8) is 0 Å². The average Bonchev–Trinajstić information content (AvgIpc) is 2.44. The summed E-state index contributed by atoms with van der Waals surface area (Å²) in [7, 11) is 0. The fourth-order valence-electron chi connectivity index (χ4n) is 1.92. The molecule has 0 aliphatic heterocycles. The zero-order valence-electron chi connectivity index (χ0n) is 13.6. The van der Waals surface area contributed by atoms with Crippen molar-refractivity contribution in [2.45, 2.75) is 33.6 Å². The lowest BCUT2D eigenvalue weighted by molar-refractivity contribution is -0.137. The summed E-state index contributed by atoms with van der Waals surface area (Å²) in [5, 5.41) is 11.2. The van der Waals surface area contributed by atoms with Gasteiger partial charge in [-0.2, -0.15) is 0 Å². The van der Waals surface area contributed by atoms with Crippen LogP contribution in [0.5, 0.6) is 0 Å². The summed E-state index contributed by atoms with van der Waals surface area (Å²) < 4.78 is 0. The van der Waals surface area contributed by atoms with Gasteiger partial charge in [0.1, 0.15) is 11.7 Å². The third-order valence-electron chi connectivity index (χ3n) is 2.95. The molecule has 0 atom stereocenters. The van der Waals surface area contributed by atoms with Crippen LogP contribution in [0, 0.1) is 0 Å². The van der Waals surface area contributed by atoms with E-state index < -0.39 is 5.97 Å². The second-order valence-corrected chi connectivity index (χ2v) is 5.07. The van der Waals surface area contributed by atoms with Gasteiger partial charge in [0, 0.05) is 19.1 Å². The Morgan fingerprint density at radius 2 is 1.74 bits per heavy atom. The Balaban J connectivity index is 2.77. The zero-order valence-corrected chi connectivity index (χ0v) is 13.6. The normalized spacial score (nSPS) is 12.0. The number of carbonyl (C=O) groups excluding carboxylic acids is 1. The molecule has 122 valence electrons. The highest BCUT2D eigenvalue weighted by atomic mass is 16.4. The molecule has 0 spiro atoms. The molecule has 0 saturated heterocycles. The van der Waals surface area contributed by atoms with Gasteiger partial charge in [-0.15, -0.1) is 0 Å². The predicted molar refractivity (Wildman–Crippen MR) is 90.7 cm³/mol. The van der Waals surface area contributed by atoms with Crippen molar-refractivity contribution in [3.05, 3.63) is 47.8 Å². The molecule has 0 heterocycles. The van der Waals surface area contributed by atoms with Crippen LogP contribution < -0.4 is 5.32 Å². The third-order valence-corrected chi connectivity index (χ3v) is 2.95. The lowest BCUT2D eigenvalue weighted by Gasteiger charge is -2.04. The molecule has 6 nitrogen and oxygen atoms in total. The van der Waals surface area contributed by atoms with Crippen molar-refractivity contribution in [2.75, 3.05) is 0 Å². The van der Waals surface area contributed by atoms with E-state index in [2.05, 4.69) is 21.9 Å². The Morgan fingerprint density at radius 3 is 2.26 bits per heavy atom. The number of carbonyl (C=O) groups is 2. The molecule has 0 fully saturated rings. The minimum atomic E-state index is -0.807. The van der Waals surface area contributed by atoms with Gasteiger partial charge in [0.15, 0.2) is 0 Å². The minimum absolute atomic E-state index is 0.115. The Bertz CT molecular complexity index is 658. The number of amidine groups is 1. The first-order valence-corrected chi connectivity index (χ1v) is 7.16. The van der Waals surface area contributed by atoms with Crippen LogP contribution >= 0.6 is 0 Å². The van der Waals surface area contributed by atoms with Crippen LogP contribution in [-0.2, 0) is 16.0 Å². The van der Waals surface area contributed by atoms with Crippen molar-refractivity contribution in [2.24, 2.45) is 9.98 Å². The van der Waals surface area contributed by atoms with Gasteiger partial charge < -0.3 is 10.4 Å². The SMILES string of the molecule is C=C(N=C(C)N=C(C)c1ccc(CCC(=O)O)cc1)NC(C)=O. The minimum Gasteiger partial charge on any atom is -0.481 e. The Hall–Kier alpha value is -2.76. The van der Waals surface area contributed by atoms with Crippen LogP contribution in [0.1, 0.15) is 38.3 Å². The lowest BCUT2D eigenvalue weighted by atomic mass is 10.1. The van der Waals surface area contributed by atoms with Gasteiger partial charge in [0.2, 0.25) is 5.91 Å². The van der Waals surface area contributed by atoms with Gasteiger partial charge in [-0.1, -0.05) is 30.8 Å². The number of nitrogens with one attached hydrogen (secondary N) is 1. The second-order valence-electron chi connectivity index (χ2n) is 5.07. The summed E-state index contributed by atoms with van der Waals surface area (Å²) in [6.07, 6.45) is 0.617. The number of benzene rings is 1. The quantitative estimate of drug-likeness (QED) is 0.624. The number of hydrogen-bond donors (Lipinski definition) is 2. The Kier molecular flexibility index (Phi) is 6.86. The molecule has 1 aromatic rings. The standard InChI is InChI=1S/C17H21N3O3/c1-11(18-12(2)19-13(3)20-14(4)21)16-8-5-15(6-9-16)7-10-17(22)23/h5-6,8-9H,3,7,10H2,1-2,4H3,(H,20,21)(H,22,23). The number of hydrogen-bond acceptors (Lipinski definition) is 3. The first-order valence-electron chi connectivity index (χ1n) is 7.16. The van der Waals surface area contributed by atoms with E-state index in [4.69, 9.17) is 5.11 Å². The van der Waals surface area contributed by atoms with E-state index in [1.165, 1.54) is 6.92 Å². The zero-order chi connectivity index (χ0) is 17.4. The van der Waals surface area contributed by atoms with Crippen LogP contribution in [0.4, 0.5) is 0 Å². The molecule has 23 heavy (non-hydrogen) atoms. The number of amides is 1. The largest absolute Gasteiger partial charge is 0.481 e. The topological polar surface area (TPSA) is 91.1 Å². The van der Waals surface area contributed by atoms with Crippen LogP contribution in [0.15, 0.2) is 46.7 Å². The predicted octanol–water partition coefficient (Wildman–Crippen LogP) is 2.54. The molecule has 0 radical (unpaired) electrons. The Morgan fingerprint density at radius 1 is 1.13 bits per heavy atom. The summed E-state index contributed by atoms with van der Waals surface area (Å²) in [6.45, 7) is 8.58. The maximum Gasteiger partial charge on any atom is 0.303 e. The fraction of sp³-hybridized carbons (Fsp3) is 0.294. The third kappa shape index (κ3) is 7.17. The van der Waals surface area contributed by atoms with Crippen LogP contribution in [0.25, 0.3) is 0 Å². The van der Waals surface area contributed by atoms with E-state index in [0.29, 0.717) is 12.3 Å². The molecule has 1 amide bonds. The van der Waals surface area contributed by atoms with Crippen LogP contribution in [-0.4, -0.2) is 28.5 Å². The molecular weight excluding hydrogens is 294 g/mol.